The minimum absolute atomic E-state index is 0.0251. The van der Waals surface area contributed by atoms with Gasteiger partial charge in [-0.05, 0) is 30.2 Å². The summed E-state index contributed by atoms with van der Waals surface area (Å²) in [5.74, 6) is 0.0792. The van der Waals surface area contributed by atoms with Crippen LogP contribution in [-0.4, -0.2) is 55.4 Å². The highest BCUT2D eigenvalue weighted by molar-refractivity contribution is 6.04. The molecule has 9 heteroatoms. The van der Waals surface area contributed by atoms with Crippen molar-refractivity contribution in [1.29, 1.82) is 0 Å². The summed E-state index contributed by atoms with van der Waals surface area (Å²) in [6.45, 7) is 1.69. The molecule has 0 N–H and O–H groups in total. The molecule has 5 rings (SSSR count). The zero-order chi connectivity index (χ0) is 22.1. The lowest BCUT2D eigenvalue weighted by molar-refractivity contribution is -0.147. The Kier molecular flexibility index (Phi) is 5.75. The first-order chi connectivity index (χ1) is 15.6. The smallest absolute Gasteiger partial charge is 0.268 e. The van der Waals surface area contributed by atoms with Crippen molar-refractivity contribution in [1.82, 2.24) is 4.98 Å². The van der Waals surface area contributed by atoms with Gasteiger partial charge >= 0.3 is 0 Å². The van der Waals surface area contributed by atoms with Gasteiger partial charge < -0.3 is 23.8 Å². The van der Waals surface area contributed by atoms with Gasteiger partial charge in [0.15, 0.2) is 11.9 Å². The quantitative estimate of drug-likeness (QED) is 0.680. The molecule has 8 nitrogen and oxygen atoms in total. The van der Waals surface area contributed by atoms with Gasteiger partial charge in [0.25, 0.3) is 5.91 Å². The summed E-state index contributed by atoms with van der Waals surface area (Å²) in [6, 6.07) is 6.31. The SMILES string of the molecule is O=C1CCc2c(F)cc(N3CCC(Oc4ccc(OCC5CCOCO5)nc4)C3=O)cc21. The number of carbonyl (C=O) groups is 2. The Morgan fingerprint density at radius 1 is 1.19 bits per heavy atom. The first kappa shape index (κ1) is 20.8. The molecule has 1 aromatic heterocycles. The van der Waals surface area contributed by atoms with E-state index in [1.54, 1.807) is 18.2 Å². The highest BCUT2D eigenvalue weighted by atomic mass is 19.1. The van der Waals surface area contributed by atoms with Crippen molar-refractivity contribution in [2.75, 3.05) is 31.5 Å². The Labute approximate surface area is 184 Å². The largest absolute Gasteiger partial charge is 0.479 e. The normalized spacial score (nSPS) is 22.8. The summed E-state index contributed by atoms with van der Waals surface area (Å²) in [5, 5.41) is 0. The van der Waals surface area contributed by atoms with Gasteiger partial charge in [-0.25, -0.2) is 9.37 Å². The van der Waals surface area contributed by atoms with Gasteiger partial charge in [0.2, 0.25) is 5.88 Å². The molecule has 1 amide bonds. The number of halogens is 1. The molecule has 2 aliphatic heterocycles. The molecule has 168 valence electrons. The highest BCUT2D eigenvalue weighted by Gasteiger charge is 2.36. The van der Waals surface area contributed by atoms with E-state index < -0.39 is 11.9 Å². The maximum absolute atomic E-state index is 14.4. The Bertz CT molecular complexity index is 1020. The van der Waals surface area contributed by atoms with Crippen molar-refractivity contribution in [3.05, 3.63) is 47.4 Å². The molecule has 3 heterocycles. The van der Waals surface area contributed by atoms with E-state index in [9.17, 15) is 14.0 Å². The van der Waals surface area contributed by atoms with Crippen LogP contribution in [-0.2, 0) is 20.7 Å². The molecule has 2 unspecified atom stereocenters. The summed E-state index contributed by atoms with van der Waals surface area (Å²) >= 11 is 0. The second-order valence-corrected chi connectivity index (χ2v) is 8.01. The first-order valence-electron chi connectivity index (χ1n) is 10.7. The molecule has 32 heavy (non-hydrogen) atoms. The standard InChI is InChI=1S/C23H23FN2O6/c24-19-10-14(9-18-17(19)2-3-20(18)27)26-7-5-21(23(26)28)32-15-1-4-22(25-11-15)30-12-16-6-8-29-13-31-16/h1,4,9-11,16,21H,2-3,5-8,12-13H2. The van der Waals surface area contributed by atoms with E-state index in [-0.39, 0.29) is 24.6 Å². The molecule has 0 spiro atoms. The van der Waals surface area contributed by atoms with Crippen LogP contribution in [0.3, 0.4) is 0 Å². The van der Waals surface area contributed by atoms with E-state index in [1.165, 1.54) is 17.2 Å². The number of hydrogen-bond donors (Lipinski definition) is 0. The fourth-order valence-corrected chi connectivity index (χ4v) is 4.17. The maximum atomic E-state index is 14.4. The monoisotopic (exact) mass is 442 g/mol. The van der Waals surface area contributed by atoms with E-state index >= 15 is 0 Å². The van der Waals surface area contributed by atoms with Gasteiger partial charge in [-0.15, -0.1) is 0 Å². The Hall–Kier alpha value is -3.04. The molecule has 1 aliphatic carbocycles. The zero-order valence-corrected chi connectivity index (χ0v) is 17.4. The van der Waals surface area contributed by atoms with Crippen molar-refractivity contribution in [3.63, 3.8) is 0 Å². The number of rotatable bonds is 6. The van der Waals surface area contributed by atoms with Crippen LogP contribution < -0.4 is 14.4 Å². The van der Waals surface area contributed by atoms with Gasteiger partial charge in [-0.1, -0.05) is 0 Å². The first-order valence-corrected chi connectivity index (χ1v) is 10.7. The number of nitrogens with zero attached hydrogens (tertiary/aromatic N) is 2. The lowest BCUT2D eigenvalue weighted by Gasteiger charge is -2.22. The number of amides is 1. The highest BCUT2D eigenvalue weighted by Crippen LogP contribution is 2.32. The number of Topliss-reactive ketones (excluding diaryl/α,β-unsaturated/α-hetero) is 1. The van der Waals surface area contributed by atoms with E-state index in [4.69, 9.17) is 18.9 Å². The summed E-state index contributed by atoms with van der Waals surface area (Å²) in [4.78, 5) is 30.6. The summed E-state index contributed by atoms with van der Waals surface area (Å²) in [7, 11) is 0. The van der Waals surface area contributed by atoms with Crippen molar-refractivity contribution in [2.45, 2.75) is 37.9 Å². The van der Waals surface area contributed by atoms with E-state index in [0.717, 1.165) is 6.42 Å². The van der Waals surface area contributed by atoms with E-state index in [1.807, 2.05) is 0 Å². The van der Waals surface area contributed by atoms with Gasteiger partial charge in [0, 0.05) is 43.1 Å². The number of pyridine rings is 1. The average molecular weight is 442 g/mol. The Morgan fingerprint density at radius 2 is 2.09 bits per heavy atom. The average Bonchev–Trinajstić information content (AvgIpc) is 3.37. The predicted molar refractivity (Wildman–Crippen MR) is 110 cm³/mol. The number of hydrogen-bond acceptors (Lipinski definition) is 7. The van der Waals surface area contributed by atoms with Crippen LogP contribution >= 0.6 is 0 Å². The Balaban J connectivity index is 1.20. The van der Waals surface area contributed by atoms with Crippen molar-refractivity contribution in [2.24, 2.45) is 0 Å². The summed E-state index contributed by atoms with van der Waals surface area (Å²) < 4.78 is 36.4. The third-order valence-corrected chi connectivity index (χ3v) is 5.93. The third kappa shape index (κ3) is 4.18. The predicted octanol–water partition coefficient (Wildman–Crippen LogP) is 2.68. The fourth-order valence-electron chi connectivity index (χ4n) is 4.17. The topological polar surface area (TPSA) is 87.2 Å². The number of ketones is 1. The van der Waals surface area contributed by atoms with Crippen LogP contribution in [0, 0.1) is 5.82 Å². The molecule has 0 saturated carbocycles. The lowest BCUT2D eigenvalue weighted by atomic mass is 10.1. The molecule has 0 radical (unpaired) electrons. The van der Waals surface area contributed by atoms with Crippen molar-refractivity contribution >= 4 is 17.4 Å². The molecule has 2 aromatic rings. The van der Waals surface area contributed by atoms with Gasteiger partial charge in [0.05, 0.1) is 18.9 Å². The molecule has 1 aromatic carbocycles. The number of aromatic nitrogens is 1. The number of fused-ring (bicyclic) bond motifs is 1. The van der Waals surface area contributed by atoms with Crippen LogP contribution in [0.25, 0.3) is 0 Å². The second kappa shape index (κ2) is 8.84. The molecule has 2 saturated heterocycles. The third-order valence-electron chi connectivity index (χ3n) is 5.93. The van der Waals surface area contributed by atoms with Crippen LogP contribution in [0.1, 0.15) is 35.2 Å². The summed E-state index contributed by atoms with van der Waals surface area (Å²) in [6.07, 6.45) is 2.71. The zero-order valence-electron chi connectivity index (χ0n) is 17.4. The number of anilines is 1. The number of carbonyl (C=O) groups excluding carboxylic acids is 2. The maximum Gasteiger partial charge on any atom is 0.268 e. The van der Waals surface area contributed by atoms with Crippen molar-refractivity contribution in [3.8, 4) is 11.6 Å². The van der Waals surface area contributed by atoms with E-state index in [2.05, 4.69) is 4.98 Å². The van der Waals surface area contributed by atoms with Crippen LogP contribution in [0.5, 0.6) is 11.6 Å². The van der Waals surface area contributed by atoms with Crippen LogP contribution in [0.4, 0.5) is 10.1 Å². The molecule has 2 atom stereocenters. The van der Waals surface area contributed by atoms with Gasteiger partial charge in [0.1, 0.15) is 25.0 Å². The van der Waals surface area contributed by atoms with Gasteiger partial charge in [-0.3, -0.25) is 9.59 Å². The molecular formula is C23H23FN2O6. The van der Waals surface area contributed by atoms with Gasteiger partial charge in [-0.2, -0.15) is 0 Å². The number of ether oxygens (including phenoxy) is 4. The summed E-state index contributed by atoms with van der Waals surface area (Å²) in [5.41, 5.74) is 1.21. The van der Waals surface area contributed by atoms with Crippen LogP contribution in [0.15, 0.2) is 30.5 Å². The number of benzene rings is 1. The van der Waals surface area contributed by atoms with E-state index in [0.29, 0.717) is 67.5 Å². The minimum Gasteiger partial charge on any atom is -0.479 e. The van der Waals surface area contributed by atoms with Crippen molar-refractivity contribution < 1.29 is 32.9 Å². The molecule has 0 bridgehead atoms. The minimum atomic E-state index is -0.703. The molecule has 2 fully saturated rings. The molecular weight excluding hydrogens is 419 g/mol. The molecule has 3 aliphatic rings. The lowest BCUT2D eigenvalue weighted by Crippen LogP contribution is -2.32. The Morgan fingerprint density at radius 3 is 2.88 bits per heavy atom. The van der Waals surface area contributed by atoms with Crippen LogP contribution in [0.2, 0.25) is 0 Å². The fraction of sp³-hybridized carbons (Fsp3) is 0.435. The second-order valence-electron chi connectivity index (χ2n) is 8.01.